The summed E-state index contributed by atoms with van der Waals surface area (Å²) >= 11 is 0. The Morgan fingerprint density at radius 3 is 2.35 bits per heavy atom. The van der Waals surface area contributed by atoms with Crippen LogP contribution in [0, 0.1) is 11.6 Å². The van der Waals surface area contributed by atoms with E-state index >= 15 is 0 Å². The van der Waals surface area contributed by atoms with Crippen molar-refractivity contribution in [3.05, 3.63) is 70.8 Å². The van der Waals surface area contributed by atoms with Crippen LogP contribution in [0.1, 0.15) is 29.0 Å². The van der Waals surface area contributed by atoms with Crippen LogP contribution in [-0.4, -0.2) is 0 Å². The highest BCUT2D eigenvalue weighted by atomic mass is 19.1. The summed E-state index contributed by atoms with van der Waals surface area (Å²) in [6.45, 7) is 0. The molecule has 0 aliphatic heterocycles. The SMILES string of the molecule is Fc1ccc(C2CCc3cc(F)ccc32)cc1. The van der Waals surface area contributed by atoms with Crippen molar-refractivity contribution in [3.63, 3.8) is 0 Å². The number of aryl methyl sites for hydroxylation is 1. The molecule has 1 aliphatic rings. The topological polar surface area (TPSA) is 0 Å². The van der Waals surface area contributed by atoms with Crippen molar-refractivity contribution in [2.75, 3.05) is 0 Å². The normalized spacial score (nSPS) is 18.1. The monoisotopic (exact) mass is 230 g/mol. The fraction of sp³-hybridized carbons (Fsp3) is 0.200. The summed E-state index contributed by atoms with van der Waals surface area (Å²) in [5, 5.41) is 0. The van der Waals surface area contributed by atoms with Crippen LogP contribution < -0.4 is 0 Å². The van der Waals surface area contributed by atoms with Crippen molar-refractivity contribution in [2.24, 2.45) is 0 Å². The predicted molar refractivity (Wildman–Crippen MR) is 63.0 cm³/mol. The van der Waals surface area contributed by atoms with Gasteiger partial charge in [-0.2, -0.15) is 0 Å². The number of hydrogen-bond donors (Lipinski definition) is 0. The smallest absolute Gasteiger partial charge is 0.123 e. The molecular weight excluding hydrogens is 218 g/mol. The lowest BCUT2D eigenvalue weighted by Crippen LogP contribution is -1.96. The minimum absolute atomic E-state index is 0.177. The van der Waals surface area contributed by atoms with E-state index in [1.54, 1.807) is 6.07 Å². The van der Waals surface area contributed by atoms with Gasteiger partial charge in [0.15, 0.2) is 0 Å². The number of benzene rings is 2. The Bertz CT molecular complexity index is 543. The van der Waals surface area contributed by atoms with Gasteiger partial charge in [-0.25, -0.2) is 8.78 Å². The van der Waals surface area contributed by atoms with Crippen LogP contribution in [0.4, 0.5) is 8.78 Å². The van der Waals surface area contributed by atoms with Crippen LogP contribution in [0.5, 0.6) is 0 Å². The molecule has 2 aromatic rings. The zero-order chi connectivity index (χ0) is 11.8. The zero-order valence-corrected chi connectivity index (χ0v) is 9.29. The first kappa shape index (κ1) is 10.5. The molecule has 0 radical (unpaired) electrons. The Kier molecular flexibility index (Phi) is 2.43. The molecule has 0 heterocycles. The predicted octanol–water partition coefficient (Wildman–Crippen LogP) is 4.04. The first-order chi connectivity index (χ1) is 8.24. The molecule has 17 heavy (non-hydrogen) atoms. The second-order valence-electron chi connectivity index (χ2n) is 4.49. The molecule has 0 fully saturated rings. The van der Waals surface area contributed by atoms with Crippen molar-refractivity contribution >= 4 is 0 Å². The van der Waals surface area contributed by atoms with Crippen LogP contribution >= 0.6 is 0 Å². The number of rotatable bonds is 1. The van der Waals surface area contributed by atoms with Crippen molar-refractivity contribution in [3.8, 4) is 0 Å². The lowest BCUT2D eigenvalue weighted by atomic mass is 9.93. The number of hydrogen-bond acceptors (Lipinski definition) is 0. The third-order valence-corrected chi connectivity index (χ3v) is 3.46. The zero-order valence-electron chi connectivity index (χ0n) is 9.29. The summed E-state index contributed by atoms with van der Waals surface area (Å²) in [6.07, 6.45) is 1.87. The largest absolute Gasteiger partial charge is 0.207 e. The van der Waals surface area contributed by atoms with Crippen molar-refractivity contribution in [2.45, 2.75) is 18.8 Å². The number of halogens is 2. The van der Waals surface area contributed by atoms with E-state index in [0.29, 0.717) is 0 Å². The van der Waals surface area contributed by atoms with E-state index in [9.17, 15) is 8.78 Å². The first-order valence-corrected chi connectivity index (χ1v) is 5.78. The van der Waals surface area contributed by atoms with Gasteiger partial charge in [0.25, 0.3) is 0 Å². The van der Waals surface area contributed by atoms with Crippen LogP contribution in [0.15, 0.2) is 42.5 Å². The maximum Gasteiger partial charge on any atom is 0.123 e. The molecule has 0 spiro atoms. The summed E-state index contributed by atoms with van der Waals surface area (Å²) < 4.78 is 26.0. The molecule has 2 aromatic carbocycles. The number of fused-ring (bicyclic) bond motifs is 1. The summed E-state index contributed by atoms with van der Waals surface area (Å²) in [4.78, 5) is 0. The van der Waals surface area contributed by atoms with Crippen LogP contribution in [-0.2, 0) is 6.42 Å². The van der Waals surface area contributed by atoms with Crippen LogP contribution in [0.25, 0.3) is 0 Å². The molecule has 0 nitrogen and oxygen atoms in total. The van der Waals surface area contributed by atoms with E-state index < -0.39 is 0 Å². The van der Waals surface area contributed by atoms with Gasteiger partial charge in [-0.3, -0.25) is 0 Å². The molecule has 86 valence electrons. The first-order valence-electron chi connectivity index (χ1n) is 5.78. The minimum atomic E-state index is -0.217. The highest BCUT2D eigenvalue weighted by molar-refractivity contribution is 5.42. The molecular formula is C15H12F2. The summed E-state index contributed by atoms with van der Waals surface area (Å²) in [6, 6.07) is 11.6. The van der Waals surface area contributed by atoms with E-state index in [2.05, 4.69) is 0 Å². The van der Waals surface area contributed by atoms with E-state index in [1.807, 2.05) is 18.2 Å². The van der Waals surface area contributed by atoms with Gasteiger partial charge in [-0.1, -0.05) is 18.2 Å². The second kappa shape index (κ2) is 3.95. The van der Waals surface area contributed by atoms with Gasteiger partial charge in [0.1, 0.15) is 11.6 Å². The van der Waals surface area contributed by atoms with Crippen molar-refractivity contribution in [1.82, 2.24) is 0 Å². The third kappa shape index (κ3) is 1.84. The van der Waals surface area contributed by atoms with Gasteiger partial charge >= 0.3 is 0 Å². The summed E-state index contributed by atoms with van der Waals surface area (Å²) in [7, 11) is 0. The van der Waals surface area contributed by atoms with Crippen LogP contribution in [0.2, 0.25) is 0 Å². The van der Waals surface area contributed by atoms with Gasteiger partial charge in [0.05, 0.1) is 0 Å². The molecule has 0 aromatic heterocycles. The van der Waals surface area contributed by atoms with Crippen molar-refractivity contribution in [1.29, 1.82) is 0 Å². The molecule has 0 saturated carbocycles. The maximum absolute atomic E-state index is 13.1. The van der Waals surface area contributed by atoms with Gasteiger partial charge in [-0.05, 0) is 53.8 Å². The molecule has 2 heteroatoms. The maximum atomic E-state index is 13.1. The van der Waals surface area contributed by atoms with Gasteiger partial charge in [-0.15, -0.1) is 0 Å². The van der Waals surface area contributed by atoms with Gasteiger partial charge in [0.2, 0.25) is 0 Å². The fourth-order valence-electron chi connectivity index (χ4n) is 2.63. The molecule has 0 amide bonds. The van der Waals surface area contributed by atoms with Gasteiger partial charge in [0, 0.05) is 5.92 Å². The van der Waals surface area contributed by atoms with Crippen LogP contribution in [0.3, 0.4) is 0 Å². The Balaban J connectivity index is 2.01. The Morgan fingerprint density at radius 2 is 1.59 bits per heavy atom. The minimum Gasteiger partial charge on any atom is -0.207 e. The average molecular weight is 230 g/mol. The molecule has 0 bridgehead atoms. The molecule has 1 unspecified atom stereocenters. The van der Waals surface area contributed by atoms with E-state index in [4.69, 9.17) is 0 Å². The Morgan fingerprint density at radius 1 is 0.882 bits per heavy atom. The third-order valence-electron chi connectivity index (χ3n) is 3.46. The quantitative estimate of drug-likeness (QED) is 0.693. The molecule has 1 atom stereocenters. The lowest BCUT2D eigenvalue weighted by Gasteiger charge is -2.11. The Labute approximate surface area is 98.9 Å². The molecule has 0 saturated heterocycles. The van der Waals surface area contributed by atoms with E-state index in [0.717, 1.165) is 24.0 Å². The van der Waals surface area contributed by atoms with E-state index in [1.165, 1.54) is 23.8 Å². The summed E-state index contributed by atoms with van der Waals surface area (Å²) in [5.74, 6) is -0.110. The average Bonchev–Trinajstić information content (AvgIpc) is 2.73. The molecule has 1 aliphatic carbocycles. The Hall–Kier alpha value is -1.70. The fourth-order valence-corrected chi connectivity index (χ4v) is 2.63. The highest BCUT2D eigenvalue weighted by Crippen LogP contribution is 2.38. The summed E-state index contributed by atoms with van der Waals surface area (Å²) in [5.41, 5.74) is 3.37. The van der Waals surface area contributed by atoms with Gasteiger partial charge < -0.3 is 0 Å². The van der Waals surface area contributed by atoms with E-state index in [-0.39, 0.29) is 17.6 Å². The molecule has 3 rings (SSSR count). The van der Waals surface area contributed by atoms with Crippen molar-refractivity contribution < 1.29 is 8.78 Å². The standard InChI is InChI=1S/C15H12F2/c16-12-4-1-10(2-5-12)14-7-3-11-9-13(17)6-8-15(11)14/h1-2,4-6,8-9,14H,3,7H2. The second-order valence-corrected chi connectivity index (χ2v) is 4.49. The highest BCUT2D eigenvalue weighted by Gasteiger charge is 2.23. The molecule has 0 N–H and O–H groups in total. The lowest BCUT2D eigenvalue weighted by molar-refractivity contribution is 0.626.